The molecule has 0 saturated carbocycles. The molecule has 4 N–H and O–H groups in total. The molecule has 1 unspecified atom stereocenters. The molecule has 0 aliphatic rings. The molecule has 324 valence electrons. The predicted molar refractivity (Wildman–Crippen MR) is 258 cm³/mol. The molecule has 4 aromatic carbocycles. The number of fused-ring (bicyclic) bond motifs is 4. The highest BCUT2D eigenvalue weighted by Crippen LogP contribution is 2.36. The van der Waals surface area contributed by atoms with E-state index in [-0.39, 0.29) is 29.0 Å². The number of nitrogens with zero attached hydrogens (tertiary/aromatic N) is 8. The lowest BCUT2D eigenvalue weighted by Crippen LogP contribution is -2.29. The van der Waals surface area contributed by atoms with Crippen LogP contribution in [0.25, 0.3) is 55.2 Å². The molecular weight excluding hydrogens is 860 g/mol. The Morgan fingerprint density at radius 1 is 0.600 bits per heavy atom. The van der Waals surface area contributed by atoms with Crippen molar-refractivity contribution in [1.82, 2.24) is 49.0 Å². The van der Waals surface area contributed by atoms with Gasteiger partial charge in [0.1, 0.15) is 23.7 Å². The quantitative estimate of drug-likeness (QED) is 0.0871. The average molecular weight is 902 g/mol. The van der Waals surface area contributed by atoms with Crippen LogP contribution in [0.2, 0.25) is 10.0 Å². The Morgan fingerprint density at radius 3 is 1.78 bits per heavy atom. The van der Waals surface area contributed by atoms with E-state index in [1.54, 1.807) is 27.9 Å². The molecule has 65 heavy (non-hydrogen) atoms. The van der Waals surface area contributed by atoms with Crippen LogP contribution in [0.1, 0.15) is 56.2 Å². The van der Waals surface area contributed by atoms with Crippen molar-refractivity contribution in [3.8, 4) is 11.4 Å². The van der Waals surface area contributed by atoms with Gasteiger partial charge in [-0.2, -0.15) is 0 Å². The molecule has 6 heterocycles. The van der Waals surface area contributed by atoms with Crippen LogP contribution >= 0.6 is 23.2 Å². The number of aromatic amines is 2. The molecule has 14 nitrogen and oxygen atoms in total. The van der Waals surface area contributed by atoms with Crippen LogP contribution in [0.5, 0.6) is 0 Å². The van der Waals surface area contributed by atoms with E-state index in [4.69, 9.17) is 23.2 Å². The number of aromatic nitrogens is 10. The van der Waals surface area contributed by atoms with E-state index in [9.17, 15) is 9.59 Å². The average Bonchev–Trinajstić information content (AvgIpc) is 4.00. The summed E-state index contributed by atoms with van der Waals surface area (Å²) in [7, 11) is 0. The molecule has 16 heteroatoms. The van der Waals surface area contributed by atoms with Crippen molar-refractivity contribution in [3.63, 3.8) is 0 Å². The third kappa shape index (κ3) is 7.84. The van der Waals surface area contributed by atoms with Crippen molar-refractivity contribution in [1.29, 1.82) is 0 Å². The van der Waals surface area contributed by atoms with Crippen LogP contribution < -0.4 is 21.8 Å². The van der Waals surface area contributed by atoms with Gasteiger partial charge in [-0.3, -0.25) is 18.7 Å². The third-order valence-electron chi connectivity index (χ3n) is 11.8. The van der Waals surface area contributed by atoms with Crippen molar-refractivity contribution in [2.75, 3.05) is 10.6 Å². The first-order chi connectivity index (χ1) is 31.6. The van der Waals surface area contributed by atoms with Crippen LogP contribution in [-0.4, -0.2) is 49.0 Å². The minimum absolute atomic E-state index is 0.00156. The zero-order chi connectivity index (χ0) is 44.8. The molecule has 0 spiro atoms. The van der Waals surface area contributed by atoms with E-state index in [0.717, 1.165) is 27.7 Å². The summed E-state index contributed by atoms with van der Waals surface area (Å²) in [6.45, 7) is 6.36. The second kappa shape index (κ2) is 17.3. The van der Waals surface area contributed by atoms with Gasteiger partial charge in [-0.05, 0) is 89.5 Å². The number of H-pyrrole nitrogens is 2. The fraction of sp³-hybridized carbons (Fsp3) is 0.184. The van der Waals surface area contributed by atoms with Crippen LogP contribution in [0.15, 0.2) is 138 Å². The molecule has 0 saturated heterocycles. The van der Waals surface area contributed by atoms with Crippen molar-refractivity contribution in [2.24, 2.45) is 11.8 Å². The minimum Gasteiger partial charge on any atom is -0.360 e. The van der Waals surface area contributed by atoms with Gasteiger partial charge in [-0.15, -0.1) is 0 Å². The normalized spacial score (nSPS) is 13.2. The molecule has 0 aliphatic heterocycles. The Labute approximate surface area is 381 Å². The second-order valence-corrected chi connectivity index (χ2v) is 17.4. The first-order valence-corrected chi connectivity index (χ1v) is 22.0. The monoisotopic (exact) mass is 900 g/mol. The highest BCUT2D eigenvalue weighted by atomic mass is 35.5. The number of imidazole rings is 2. The van der Waals surface area contributed by atoms with E-state index in [0.29, 0.717) is 79.0 Å². The van der Waals surface area contributed by atoms with Gasteiger partial charge in [-0.25, -0.2) is 29.9 Å². The summed E-state index contributed by atoms with van der Waals surface area (Å²) in [5.41, 5.74) is 5.72. The van der Waals surface area contributed by atoms with E-state index >= 15 is 0 Å². The number of halogens is 2. The second-order valence-electron chi connectivity index (χ2n) is 16.6. The number of anilines is 2. The lowest BCUT2D eigenvalue weighted by Gasteiger charge is -2.28. The van der Waals surface area contributed by atoms with Crippen LogP contribution in [-0.2, 0) is 6.42 Å². The predicted octanol–water partition coefficient (Wildman–Crippen LogP) is 10.2. The topological polar surface area (TPSA) is 177 Å². The summed E-state index contributed by atoms with van der Waals surface area (Å²) >= 11 is 13.9. The Bertz CT molecular complexity index is 3500. The molecule has 6 aromatic heterocycles. The highest BCUT2D eigenvalue weighted by Gasteiger charge is 2.27. The van der Waals surface area contributed by atoms with Gasteiger partial charge < -0.3 is 20.6 Å². The van der Waals surface area contributed by atoms with Gasteiger partial charge in [0, 0.05) is 22.8 Å². The molecule has 10 aromatic rings. The van der Waals surface area contributed by atoms with Crippen LogP contribution in [0.4, 0.5) is 11.6 Å². The fourth-order valence-electron chi connectivity index (χ4n) is 8.89. The van der Waals surface area contributed by atoms with Crippen molar-refractivity contribution < 1.29 is 0 Å². The fourth-order valence-corrected chi connectivity index (χ4v) is 9.49. The van der Waals surface area contributed by atoms with E-state index in [1.165, 1.54) is 12.7 Å². The van der Waals surface area contributed by atoms with Crippen molar-refractivity contribution in [2.45, 2.75) is 45.7 Å². The third-order valence-corrected chi connectivity index (χ3v) is 12.4. The lowest BCUT2D eigenvalue weighted by molar-refractivity contribution is 0.477. The van der Waals surface area contributed by atoms with E-state index < -0.39 is 6.04 Å². The summed E-state index contributed by atoms with van der Waals surface area (Å²) in [4.78, 5) is 62.3. The lowest BCUT2D eigenvalue weighted by atomic mass is 9.90. The maximum absolute atomic E-state index is 14.8. The van der Waals surface area contributed by atoms with E-state index in [2.05, 4.69) is 83.4 Å². The molecule has 0 fully saturated rings. The highest BCUT2D eigenvalue weighted by molar-refractivity contribution is 6.36. The smallest absolute Gasteiger partial charge is 0.264 e. The summed E-state index contributed by atoms with van der Waals surface area (Å²) in [6, 6.07) is 31.8. The molecule has 0 radical (unpaired) electrons. The Hall–Kier alpha value is -7.42. The largest absolute Gasteiger partial charge is 0.360 e. The molecule has 0 bridgehead atoms. The SMILES string of the molecule is CC(Cc1cc(Cl)c2c(=O)n(-c3ccccc3)c([C@@H](Nc3ncnc4nc[nH]c34)C(C)C)cc2c1)C[C@H](Nc1ncnc2nc[nH]c12)c1cc2cccc(Cl)c2c(=O)n1-c1ccccc1. The molecule has 0 aliphatic carbocycles. The Morgan fingerprint density at radius 2 is 1.17 bits per heavy atom. The zero-order valence-electron chi connectivity index (χ0n) is 35.5. The van der Waals surface area contributed by atoms with Gasteiger partial charge in [-0.1, -0.05) is 98.6 Å². The van der Waals surface area contributed by atoms with Gasteiger partial charge in [0.15, 0.2) is 22.9 Å². The van der Waals surface area contributed by atoms with Crippen molar-refractivity contribution >= 4 is 78.7 Å². The van der Waals surface area contributed by atoms with Gasteiger partial charge >= 0.3 is 0 Å². The minimum atomic E-state index is -0.454. The van der Waals surface area contributed by atoms with Gasteiger partial charge in [0.2, 0.25) is 0 Å². The standard InChI is InChI=1S/C49H42Cl2N12O2/c1-27(2)41(61-47-43-45(55-24-53-43)57-26-59-47)38-22-31-19-29(20-35(51)40(31)49(65)63(38)33-14-8-5-9-15-33)17-28(3)18-36(60-46-42-44(54-23-52-42)56-25-58-46)37-21-30-11-10-16-34(50)39(30)48(64)62(37)32-12-6-4-7-13-32/h4-16,19-28,36,41H,17-18H2,1-3H3,(H2,52,54,56,58,60)(H2,53,55,57,59,61)/t28?,36-,41-/m0/s1. The number of rotatable bonds is 13. The molecule has 0 amide bonds. The zero-order valence-corrected chi connectivity index (χ0v) is 37.0. The first kappa shape index (κ1) is 41.6. The number of hydrogen-bond acceptors (Lipinski definition) is 10. The maximum atomic E-state index is 14.8. The Kier molecular flexibility index (Phi) is 11.1. The number of hydrogen-bond donors (Lipinski definition) is 4. The number of para-hydroxylation sites is 2. The maximum Gasteiger partial charge on any atom is 0.264 e. The van der Waals surface area contributed by atoms with Crippen LogP contribution in [0, 0.1) is 11.8 Å². The summed E-state index contributed by atoms with van der Waals surface area (Å²) in [5.74, 6) is 1.13. The number of pyridine rings is 2. The summed E-state index contributed by atoms with van der Waals surface area (Å²) in [5, 5.41) is 10.3. The molecule has 10 rings (SSSR count). The number of benzene rings is 4. The summed E-state index contributed by atoms with van der Waals surface area (Å²) in [6.07, 6.45) is 7.25. The van der Waals surface area contributed by atoms with Crippen molar-refractivity contribution in [3.05, 3.63) is 176 Å². The van der Waals surface area contributed by atoms with E-state index in [1.807, 2.05) is 84.9 Å². The molecular formula is C49H42Cl2N12O2. The molecule has 3 atom stereocenters. The van der Waals surface area contributed by atoms with Gasteiger partial charge in [0.25, 0.3) is 11.1 Å². The Balaban J connectivity index is 1.07. The first-order valence-electron chi connectivity index (χ1n) is 21.3. The van der Waals surface area contributed by atoms with Gasteiger partial charge in [0.05, 0.1) is 45.6 Å². The number of nitrogens with one attached hydrogen (secondary N) is 4. The van der Waals surface area contributed by atoms with Crippen LogP contribution in [0.3, 0.4) is 0 Å². The summed E-state index contributed by atoms with van der Waals surface area (Å²) < 4.78 is 3.47.